The molecule has 6 heteroatoms. The van der Waals surface area contributed by atoms with Crippen molar-refractivity contribution >= 4 is 12.1 Å². The van der Waals surface area contributed by atoms with E-state index < -0.39 is 23.8 Å². The topological polar surface area (TPSA) is 76.1 Å². The fourth-order valence-corrected chi connectivity index (χ4v) is 1.83. The lowest BCUT2D eigenvalue weighted by atomic mass is 10.0. The molecule has 0 aromatic heterocycles. The molecule has 114 valence electrons. The largest absolute Gasteiger partial charge is 0.463 e. The van der Waals surface area contributed by atoms with Crippen molar-refractivity contribution in [3.05, 3.63) is 11.6 Å². The van der Waals surface area contributed by atoms with Crippen molar-refractivity contribution in [1.82, 2.24) is 4.90 Å². The Bertz CT molecular complexity index is 397. The molecule has 0 bridgehead atoms. The number of piperidine rings is 1. The summed E-state index contributed by atoms with van der Waals surface area (Å²) in [7, 11) is 0. The number of rotatable bonds is 2. The van der Waals surface area contributed by atoms with Gasteiger partial charge in [0, 0.05) is 19.2 Å². The fraction of sp³-hybridized carbons (Fsp3) is 0.714. The summed E-state index contributed by atoms with van der Waals surface area (Å²) in [5.74, 6) is -0.507. The molecule has 0 radical (unpaired) electrons. The molecule has 1 rings (SSSR count). The lowest BCUT2D eigenvalue weighted by Gasteiger charge is -2.33. The van der Waals surface area contributed by atoms with Gasteiger partial charge in [-0.15, -0.1) is 0 Å². The van der Waals surface area contributed by atoms with E-state index >= 15 is 0 Å². The van der Waals surface area contributed by atoms with Crippen LogP contribution in [-0.4, -0.2) is 53.5 Å². The number of amides is 1. The van der Waals surface area contributed by atoms with Gasteiger partial charge in [0.25, 0.3) is 0 Å². The number of aliphatic hydroxyl groups is 1. The molecule has 1 saturated heterocycles. The van der Waals surface area contributed by atoms with E-state index in [4.69, 9.17) is 9.47 Å². The first-order valence-corrected chi connectivity index (χ1v) is 6.76. The first-order chi connectivity index (χ1) is 9.23. The van der Waals surface area contributed by atoms with Crippen LogP contribution >= 0.6 is 0 Å². The molecular formula is C14H23NO5. The van der Waals surface area contributed by atoms with Gasteiger partial charge in [-0.25, -0.2) is 9.59 Å². The van der Waals surface area contributed by atoms with Crippen molar-refractivity contribution in [2.75, 3.05) is 19.7 Å². The van der Waals surface area contributed by atoms with Crippen molar-refractivity contribution in [2.24, 2.45) is 0 Å². The van der Waals surface area contributed by atoms with Crippen LogP contribution < -0.4 is 0 Å². The van der Waals surface area contributed by atoms with Crippen LogP contribution in [0.1, 0.15) is 34.1 Å². The summed E-state index contributed by atoms with van der Waals surface area (Å²) in [6.07, 6.45) is 0.465. The minimum Gasteiger partial charge on any atom is -0.463 e. The van der Waals surface area contributed by atoms with Crippen LogP contribution in [0.15, 0.2) is 11.6 Å². The highest BCUT2D eigenvalue weighted by molar-refractivity contribution is 5.83. The van der Waals surface area contributed by atoms with Crippen molar-refractivity contribution in [3.8, 4) is 0 Å². The van der Waals surface area contributed by atoms with Crippen molar-refractivity contribution in [2.45, 2.75) is 45.8 Å². The summed E-state index contributed by atoms with van der Waals surface area (Å²) >= 11 is 0. The molecule has 1 aliphatic heterocycles. The maximum absolute atomic E-state index is 12.0. The van der Waals surface area contributed by atoms with Gasteiger partial charge < -0.3 is 19.5 Å². The highest BCUT2D eigenvalue weighted by Gasteiger charge is 2.29. The Kier molecular flexibility index (Phi) is 5.56. The predicted octanol–water partition coefficient (Wildman–Crippen LogP) is 1.48. The number of esters is 1. The highest BCUT2D eigenvalue weighted by atomic mass is 16.6. The van der Waals surface area contributed by atoms with E-state index in [-0.39, 0.29) is 13.2 Å². The van der Waals surface area contributed by atoms with E-state index in [2.05, 4.69) is 0 Å². The van der Waals surface area contributed by atoms with Crippen molar-refractivity contribution in [3.63, 3.8) is 0 Å². The van der Waals surface area contributed by atoms with E-state index in [9.17, 15) is 14.7 Å². The Morgan fingerprint density at radius 1 is 1.45 bits per heavy atom. The smallest absolute Gasteiger partial charge is 0.410 e. The van der Waals surface area contributed by atoms with Gasteiger partial charge >= 0.3 is 12.1 Å². The molecule has 1 fully saturated rings. The number of ether oxygens (including phenoxy) is 2. The summed E-state index contributed by atoms with van der Waals surface area (Å²) in [5, 5.41) is 9.86. The van der Waals surface area contributed by atoms with Gasteiger partial charge in [0.05, 0.1) is 12.7 Å². The third kappa shape index (κ3) is 5.21. The zero-order valence-corrected chi connectivity index (χ0v) is 12.5. The summed E-state index contributed by atoms with van der Waals surface area (Å²) < 4.78 is 10.1. The van der Waals surface area contributed by atoms with Crippen LogP contribution in [0.4, 0.5) is 4.79 Å². The number of likely N-dealkylation sites (tertiary alicyclic amines) is 1. The SMILES string of the molecule is CCOC(=O)/C=C1/CN(C(=O)OC(C)(C)C)CCC1O. The minimum absolute atomic E-state index is 0.175. The van der Waals surface area contributed by atoms with Gasteiger partial charge in [0.2, 0.25) is 0 Å². The normalized spacial score (nSPS) is 21.8. The maximum Gasteiger partial charge on any atom is 0.410 e. The molecular weight excluding hydrogens is 262 g/mol. The van der Waals surface area contributed by atoms with Gasteiger partial charge in [0.1, 0.15) is 5.60 Å². The Balaban J connectivity index is 2.70. The summed E-state index contributed by atoms with van der Waals surface area (Å²) in [4.78, 5) is 24.8. The van der Waals surface area contributed by atoms with Crippen LogP contribution in [0.3, 0.4) is 0 Å². The van der Waals surface area contributed by atoms with Crippen LogP contribution in [-0.2, 0) is 14.3 Å². The molecule has 1 aliphatic rings. The summed E-state index contributed by atoms with van der Waals surface area (Å²) in [6, 6.07) is 0. The zero-order valence-electron chi connectivity index (χ0n) is 12.5. The number of aliphatic hydroxyl groups excluding tert-OH is 1. The molecule has 0 aromatic rings. The van der Waals surface area contributed by atoms with E-state index in [0.717, 1.165) is 0 Å². The molecule has 1 N–H and O–H groups in total. The van der Waals surface area contributed by atoms with E-state index in [0.29, 0.717) is 18.5 Å². The van der Waals surface area contributed by atoms with Crippen molar-refractivity contribution < 1.29 is 24.2 Å². The number of nitrogens with zero attached hydrogens (tertiary/aromatic N) is 1. The first-order valence-electron chi connectivity index (χ1n) is 6.76. The highest BCUT2D eigenvalue weighted by Crippen LogP contribution is 2.19. The predicted molar refractivity (Wildman–Crippen MR) is 73.1 cm³/mol. The second-order valence-corrected chi connectivity index (χ2v) is 5.68. The lowest BCUT2D eigenvalue weighted by Crippen LogP contribution is -2.44. The van der Waals surface area contributed by atoms with E-state index in [1.807, 2.05) is 0 Å². The standard InChI is InChI=1S/C14H23NO5/c1-5-19-12(17)8-10-9-15(7-6-11(10)16)13(18)20-14(2,3)4/h8,11,16H,5-7,9H2,1-4H3/b10-8-. The lowest BCUT2D eigenvalue weighted by molar-refractivity contribution is -0.137. The average Bonchev–Trinajstić information content (AvgIpc) is 2.30. The quantitative estimate of drug-likeness (QED) is 0.614. The van der Waals surface area contributed by atoms with Crippen LogP contribution in [0, 0.1) is 0 Å². The van der Waals surface area contributed by atoms with E-state index in [1.54, 1.807) is 27.7 Å². The second-order valence-electron chi connectivity index (χ2n) is 5.68. The molecule has 1 atom stereocenters. The Labute approximate surface area is 119 Å². The van der Waals surface area contributed by atoms with Gasteiger partial charge in [-0.2, -0.15) is 0 Å². The molecule has 0 saturated carbocycles. The summed E-state index contributed by atoms with van der Waals surface area (Å²) in [5.41, 5.74) is -0.0985. The second kappa shape index (κ2) is 6.74. The zero-order chi connectivity index (χ0) is 15.3. The van der Waals surface area contributed by atoms with Crippen LogP contribution in [0.25, 0.3) is 0 Å². The molecule has 1 unspecified atom stereocenters. The van der Waals surface area contributed by atoms with Crippen LogP contribution in [0.5, 0.6) is 0 Å². The van der Waals surface area contributed by atoms with Gasteiger partial charge in [-0.05, 0) is 39.7 Å². The summed E-state index contributed by atoms with van der Waals surface area (Å²) in [6.45, 7) is 7.93. The molecule has 6 nitrogen and oxygen atoms in total. The van der Waals surface area contributed by atoms with E-state index in [1.165, 1.54) is 11.0 Å². The number of hydrogen-bond donors (Lipinski definition) is 1. The van der Waals surface area contributed by atoms with Gasteiger partial charge in [-0.1, -0.05) is 0 Å². The molecule has 1 heterocycles. The molecule has 0 aromatic carbocycles. The molecule has 20 heavy (non-hydrogen) atoms. The third-order valence-corrected chi connectivity index (χ3v) is 2.72. The Morgan fingerprint density at radius 3 is 2.65 bits per heavy atom. The fourth-order valence-electron chi connectivity index (χ4n) is 1.83. The molecule has 1 amide bonds. The first kappa shape index (κ1) is 16.5. The monoisotopic (exact) mass is 285 g/mol. The maximum atomic E-state index is 12.0. The number of carbonyl (C=O) groups is 2. The third-order valence-electron chi connectivity index (χ3n) is 2.72. The average molecular weight is 285 g/mol. The van der Waals surface area contributed by atoms with Gasteiger partial charge in [-0.3, -0.25) is 0 Å². The van der Waals surface area contributed by atoms with Crippen molar-refractivity contribution in [1.29, 1.82) is 0 Å². The molecule has 0 spiro atoms. The van der Waals surface area contributed by atoms with Crippen LogP contribution in [0.2, 0.25) is 0 Å². The minimum atomic E-state index is -0.724. The molecule has 0 aliphatic carbocycles. The number of hydrogen-bond acceptors (Lipinski definition) is 5. The Hall–Kier alpha value is -1.56. The Morgan fingerprint density at radius 2 is 2.10 bits per heavy atom. The van der Waals surface area contributed by atoms with Gasteiger partial charge in [0.15, 0.2) is 0 Å². The number of carbonyl (C=O) groups excluding carboxylic acids is 2.